The van der Waals surface area contributed by atoms with E-state index < -0.39 is 17.1 Å². The molecule has 1 aliphatic rings. The van der Waals surface area contributed by atoms with Crippen molar-refractivity contribution in [2.45, 2.75) is 12.8 Å². The maximum atomic E-state index is 15.4. The minimum Gasteiger partial charge on any atom is -0.341 e. The summed E-state index contributed by atoms with van der Waals surface area (Å²) in [4.78, 5) is 37.5. The Morgan fingerprint density at radius 1 is 0.974 bits per heavy atom. The molecule has 0 atom stereocenters. The maximum Gasteiger partial charge on any atom is 0.240 e. The highest BCUT2D eigenvalue weighted by Crippen LogP contribution is 2.47. The van der Waals surface area contributed by atoms with Crippen molar-refractivity contribution in [3.05, 3.63) is 85.2 Å². The quantitative estimate of drug-likeness (QED) is 0.249. The van der Waals surface area contributed by atoms with Gasteiger partial charge in [0.1, 0.15) is 11.2 Å². The molecule has 2 aromatic carbocycles. The molecule has 3 aromatic heterocycles. The molecule has 39 heavy (non-hydrogen) atoms. The lowest BCUT2D eigenvalue weighted by Crippen LogP contribution is -2.35. The van der Waals surface area contributed by atoms with Crippen molar-refractivity contribution in [2.75, 3.05) is 22.6 Å². The molecule has 0 aliphatic heterocycles. The van der Waals surface area contributed by atoms with Gasteiger partial charge in [-0.25, -0.2) is 9.37 Å². The van der Waals surface area contributed by atoms with Crippen LogP contribution in [0.1, 0.15) is 12.8 Å². The number of thiophene rings is 1. The van der Waals surface area contributed by atoms with E-state index in [1.54, 1.807) is 60.1 Å². The van der Waals surface area contributed by atoms with Crippen LogP contribution in [0, 0.1) is 11.2 Å². The number of nitrogens with one attached hydrogen (secondary N) is 2. The third-order valence-corrected chi connectivity index (χ3v) is 8.10. The number of nitrogens with zero attached hydrogens (tertiary/aromatic N) is 4. The van der Waals surface area contributed by atoms with Crippen molar-refractivity contribution in [3.63, 3.8) is 0 Å². The number of pyridine rings is 1. The van der Waals surface area contributed by atoms with Gasteiger partial charge in [0.05, 0.1) is 38.5 Å². The Bertz CT molecular complexity index is 1710. The van der Waals surface area contributed by atoms with Crippen LogP contribution < -0.4 is 15.5 Å². The highest BCUT2D eigenvalue weighted by atomic mass is 32.1. The van der Waals surface area contributed by atoms with E-state index in [9.17, 15) is 9.59 Å². The van der Waals surface area contributed by atoms with Gasteiger partial charge in [0.25, 0.3) is 0 Å². The molecule has 5 aromatic rings. The number of aryl methyl sites for hydroxylation is 1. The Morgan fingerprint density at radius 2 is 1.72 bits per heavy atom. The smallest absolute Gasteiger partial charge is 0.240 e. The van der Waals surface area contributed by atoms with E-state index in [2.05, 4.69) is 20.6 Å². The summed E-state index contributed by atoms with van der Waals surface area (Å²) in [5.74, 6) is -1.29. The number of hydrogen-bond acceptors (Lipinski definition) is 6. The zero-order valence-electron chi connectivity index (χ0n) is 21.3. The van der Waals surface area contributed by atoms with E-state index >= 15 is 4.39 Å². The van der Waals surface area contributed by atoms with Crippen LogP contribution in [0.15, 0.2) is 79.4 Å². The SMILES string of the molecule is CN(c1ccc(NC(=O)C2(C(=O)Nc3ccccc3)CC2)cc1F)c1ccnc2cc(-c3cn(C)cn3)sc12. The number of hydrogen-bond donors (Lipinski definition) is 2. The molecule has 0 spiro atoms. The summed E-state index contributed by atoms with van der Waals surface area (Å²) in [6.45, 7) is 0. The number of para-hydroxylation sites is 1. The van der Waals surface area contributed by atoms with Crippen LogP contribution in [0.2, 0.25) is 0 Å². The number of carbonyl (C=O) groups is 2. The molecule has 1 aliphatic carbocycles. The minimum atomic E-state index is -1.14. The van der Waals surface area contributed by atoms with Crippen LogP contribution in [0.3, 0.4) is 0 Å². The highest BCUT2D eigenvalue weighted by Gasteiger charge is 2.56. The number of benzene rings is 2. The molecular formula is C29H25FN6O2S. The summed E-state index contributed by atoms with van der Waals surface area (Å²) in [5, 5.41) is 5.54. The zero-order chi connectivity index (χ0) is 27.1. The summed E-state index contributed by atoms with van der Waals surface area (Å²) in [6.07, 6.45) is 6.28. The third kappa shape index (κ3) is 4.63. The van der Waals surface area contributed by atoms with Gasteiger partial charge < -0.3 is 20.1 Å². The lowest BCUT2D eigenvalue weighted by atomic mass is 10.0. The van der Waals surface area contributed by atoms with Gasteiger partial charge in [-0.2, -0.15) is 0 Å². The van der Waals surface area contributed by atoms with Crippen molar-refractivity contribution in [2.24, 2.45) is 12.5 Å². The molecule has 1 saturated carbocycles. The molecule has 10 heteroatoms. The van der Waals surface area contributed by atoms with E-state index in [-0.39, 0.29) is 5.91 Å². The first kappa shape index (κ1) is 24.7. The van der Waals surface area contributed by atoms with E-state index in [1.165, 1.54) is 6.07 Å². The van der Waals surface area contributed by atoms with Gasteiger partial charge in [0.15, 0.2) is 0 Å². The normalized spacial score (nSPS) is 13.7. The highest BCUT2D eigenvalue weighted by molar-refractivity contribution is 7.22. The van der Waals surface area contributed by atoms with E-state index in [0.717, 1.165) is 26.5 Å². The van der Waals surface area contributed by atoms with Crippen molar-refractivity contribution in [3.8, 4) is 10.6 Å². The molecule has 2 amide bonds. The van der Waals surface area contributed by atoms with Crippen molar-refractivity contribution < 1.29 is 14.0 Å². The molecule has 1 fully saturated rings. The molecule has 0 unspecified atom stereocenters. The number of aromatic nitrogens is 3. The van der Waals surface area contributed by atoms with Gasteiger partial charge in [-0.05, 0) is 55.3 Å². The Balaban J connectivity index is 1.21. The number of carbonyl (C=O) groups excluding carboxylic acids is 2. The fraction of sp³-hybridized carbons (Fsp3) is 0.172. The minimum absolute atomic E-state index is 0.293. The lowest BCUT2D eigenvalue weighted by molar-refractivity contribution is -0.131. The predicted octanol–water partition coefficient (Wildman–Crippen LogP) is 5.96. The maximum absolute atomic E-state index is 15.4. The molecule has 3 heterocycles. The number of anilines is 4. The Morgan fingerprint density at radius 3 is 2.38 bits per heavy atom. The number of halogens is 1. The molecule has 6 rings (SSSR count). The Labute approximate surface area is 228 Å². The molecule has 0 saturated heterocycles. The molecule has 0 radical (unpaired) electrons. The number of rotatable bonds is 7. The van der Waals surface area contributed by atoms with Crippen LogP contribution >= 0.6 is 11.3 Å². The summed E-state index contributed by atoms with van der Waals surface area (Å²) >= 11 is 1.55. The fourth-order valence-corrected chi connectivity index (χ4v) is 5.67. The van der Waals surface area contributed by atoms with Gasteiger partial charge >= 0.3 is 0 Å². The summed E-state index contributed by atoms with van der Waals surface area (Å²) in [7, 11) is 3.71. The molecule has 8 nitrogen and oxygen atoms in total. The van der Waals surface area contributed by atoms with Crippen molar-refractivity contribution in [1.82, 2.24) is 14.5 Å². The fourth-order valence-electron chi connectivity index (χ4n) is 4.55. The van der Waals surface area contributed by atoms with Crippen LogP contribution in [0.25, 0.3) is 20.8 Å². The second kappa shape index (κ2) is 9.63. The molecule has 196 valence electrons. The predicted molar refractivity (Wildman–Crippen MR) is 152 cm³/mol. The summed E-state index contributed by atoms with van der Waals surface area (Å²) < 4.78 is 18.2. The topological polar surface area (TPSA) is 92.2 Å². The summed E-state index contributed by atoms with van der Waals surface area (Å²) in [5.41, 5.74) is 2.58. The van der Waals surface area contributed by atoms with Gasteiger partial charge in [-0.1, -0.05) is 18.2 Å². The number of fused-ring (bicyclic) bond motifs is 1. The van der Waals surface area contributed by atoms with E-state index in [4.69, 9.17) is 0 Å². The van der Waals surface area contributed by atoms with Crippen LogP contribution in [-0.4, -0.2) is 33.4 Å². The lowest BCUT2D eigenvalue weighted by Gasteiger charge is -2.21. The van der Waals surface area contributed by atoms with E-state index in [0.29, 0.717) is 29.9 Å². The second-order valence-electron chi connectivity index (χ2n) is 9.66. The molecule has 2 N–H and O–H groups in total. The largest absolute Gasteiger partial charge is 0.341 e. The van der Waals surface area contributed by atoms with Gasteiger partial charge in [-0.15, -0.1) is 11.3 Å². The van der Waals surface area contributed by atoms with Gasteiger partial charge in [0.2, 0.25) is 11.8 Å². The van der Waals surface area contributed by atoms with Gasteiger partial charge in [-0.3, -0.25) is 14.6 Å². The Hall–Kier alpha value is -4.57. The van der Waals surface area contributed by atoms with Crippen molar-refractivity contribution >= 4 is 56.1 Å². The molecule has 0 bridgehead atoms. The van der Waals surface area contributed by atoms with Crippen LogP contribution in [0.5, 0.6) is 0 Å². The zero-order valence-corrected chi connectivity index (χ0v) is 22.1. The number of amides is 2. The van der Waals surface area contributed by atoms with E-state index in [1.807, 2.05) is 48.1 Å². The second-order valence-corrected chi connectivity index (χ2v) is 10.7. The average molecular weight is 541 g/mol. The van der Waals surface area contributed by atoms with Crippen molar-refractivity contribution in [1.29, 1.82) is 0 Å². The summed E-state index contributed by atoms with van der Waals surface area (Å²) in [6, 6.07) is 17.4. The Kier molecular flexibility index (Phi) is 6.11. The third-order valence-electron chi connectivity index (χ3n) is 6.93. The van der Waals surface area contributed by atoms with Gasteiger partial charge in [0, 0.05) is 37.9 Å². The first-order chi connectivity index (χ1) is 18.8. The average Bonchev–Trinajstić information content (AvgIpc) is 3.45. The number of imidazole rings is 1. The molecular weight excluding hydrogens is 515 g/mol. The monoisotopic (exact) mass is 540 g/mol. The first-order valence-electron chi connectivity index (χ1n) is 12.4. The van der Waals surface area contributed by atoms with Crippen LogP contribution in [-0.2, 0) is 16.6 Å². The first-order valence-corrected chi connectivity index (χ1v) is 13.2. The van der Waals surface area contributed by atoms with Crippen LogP contribution in [0.4, 0.5) is 27.1 Å². The standard InChI is InChI=1S/C29H25FN6O2S/c1-35-16-22(32-17-35)25-15-21-26(39-25)24(10-13-31-21)36(2)23-9-8-19(14-20(23)30)34-28(38)29(11-12-29)27(37)33-18-6-4-3-5-7-18/h3-10,13-17H,11-12H2,1-2H3,(H,33,37)(H,34,38).